The van der Waals surface area contributed by atoms with Crippen LogP contribution in [0, 0.1) is 0 Å². The van der Waals surface area contributed by atoms with Crippen LogP contribution >= 0.6 is 11.6 Å². The molecular formula is C25H20ClN3O2. The third-order valence-electron chi connectivity index (χ3n) is 4.94. The molecule has 5 nitrogen and oxygen atoms in total. The van der Waals surface area contributed by atoms with Crippen molar-refractivity contribution in [3.8, 4) is 11.1 Å². The van der Waals surface area contributed by atoms with Crippen LogP contribution in [-0.4, -0.2) is 27.3 Å². The Kier molecular flexibility index (Phi) is 6.24. The molecule has 31 heavy (non-hydrogen) atoms. The Hall–Kier alpha value is -3.70. The van der Waals surface area contributed by atoms with Gasteiger partial charge in [-0.15, -0.1) is 0 Å². The first kappa shape index (κ1) is 20.6. The van der Waals surface area contributed by atoms with Crippen molar-refractivity contribution in [3.63, 3.8) is 0 Å². The van der Waals surface area contributed by atoms with Crippen molar-refractivity contribution in [1.29, 1.82) is 0 Å². The van der Waals surface area contributed by atoms with Gasteiger partial charge in [-0.2, -0.15) is 0 Å². The Morgan fingerprint density at radius 3 is 2.32 bits per heavy atom. The minimum absolute atomic E-state index is 0.217. The lowest BCUT2D eigenvalue weighted by molar-refractivity contribution is 0.0847. The second kappa shape index (κ2) is 9.41. The predicted molar refractivity (Wildman–Crippen MR) is 121 cm³/mol. The summed E-state index contributed by atoms with van der Waals surface area (Å²) in [4.78, 5) is 30.1. The summed E-state index contributed by atoms with van der Waals surface area (Å²) in [5.74, 6) is -0.537. The first-order chi connectivity index (χ1) is 15.1. The number of halogens is 1. The van der Waals surface area contributed by atoms with Crippen molar-refractivity contribution in [3.05, 3.63) is 114 Å². The van der Waals surface area contributed by atoms with Gasteiger partial charge >= 0.3 is 0 Å². The van der Waals surface area contributed by atoms with Crippen molar-refractivity contribution in [2.45, 2.75) is 12.6 Å². The summed E-state index contributed by atoms with van der Waals surface area (Å²) in [6.45, 7) is 0.263. The Morgan fingerprint density at radius 1 is 0.903 bits per heavy atom. The molecule has 4 aromatic rings. The van der Waals surface area contributed by atoms with E-state index in [1.165, 1.54) is 0 Å². The minimum Gasteiger partial charge on any atom is -0.340 e. The van der Waals surface area contributed by atoms with Gasteiger partial charge in [0.15, 0.2) is 5.78 Å². The fourth-order valence-corrected chi connectivity index (χ4v) is 3.52. The lowest BCUT2D eigenvalue weighted by Crippen LogP contribution is -2.43. The molecule has 0 bridgehead atoms. The maximum absolute atomic E-state index is 13.1. The number of hydrogen-bond acceptors (Lipinski definition) is 3. The van der Waals surface area contributed by atoms with Crippen molar-refractivity contribution in [1.82, 2.24) is 14.9 Å². The highest BCUT2D eigenvalue weighted by Gasteiger charge is 2.23. The molecule has 1 N–H and O–H groups in total. The van der Waals surface area contributed by atoms with Crippen LogP contribution in [-0.2, 0) is 6.54 Å². The molecule has 3 aromatic carbocycles. The smallest absolute Gasteiger partial charge is 0.251 e. The number of carbonyl (C=O) groups is 2. The van der Waals surface area contributed by atoms with Crippen molar-refractivity contribution >= 4 is 23.3 Å². The SMILES string of the molecule is O=C(NC(Cn1ccnc1)C(=O)c1cccc(Cl)c1)c1ccc(-c2ccccc2)cc1. The van der Waals surface area contributed by atoms with E-state index in [2.05, 4.69) is 10.3 Å². The number of amides is 1. The maximum Gasteiger partial charge on any atom is 0.251 e. The summed E-state index contributed by atoms with van der Waals surface area (Å²) >= 11 is 6.05. The number of ketones is 1. The van der Waals surface area contributed by atoms with Gasteiger partial charge in [0.1, 0.15) is 6.04 Å². The summed E-state index contributed by atoms with van der Waals surface area (Å²) in [6.07, 6.45) is 4.99. The fourth-order valence-electron chi connectivity index (χ4n) is 3.33. The van der Waals surface area contributed by atoms with Gasteiger partial charge in [-0.1, -0.05) is 66.2 Å². The van der Waals surface area contributed by atoms with Crippen LogP contribution < -0.4 is 5.32 Å². The number of aromatic nitrogens is 2. The summed E-state index contributed by atoms with van der Waals surface area (Å²) in [6, 6.07) is 23.2. The number of benzene rings is 3. The van der Waals surface area contributed by atoms with E-state index in [1.54, 1.807) is 59.7 Å². The maximum atomic E-state index is 13.1. The number of rotatable bonds is 7. The topological polar surface area (TPSA) is 64.0 Å². The third-order valence-corrected chi connectivity index (χ3v) is 5.17. The van der Waals surface area contributed by atoms with Gasteiger partial charge in [-0.05, 0) is 35.4 Å². The second-order valence-corrected chi connectivity index (χ2v) is 7.54. The number of Topliss-reactive ketones (excluding diaryl/α,β-unsaturated/α-hetero) is 1. The molecule has 1 aromatic heterocycles. The lowest BCUT2D eigenvalue weighted by atomic mass is 10.0. The molecule has 4 rings (SSSR count). The first-order valence-electron chi connectivity index (χ1n) is 9.82. The van der Waals surface area contributed by atoms with Crippen LogP contribution in [0.2, 0.25) is 5.02 Å². The van der Waals surface area contributed by atoms with Crippen molar-refractivity contribution in [2.24, 2.45) is 0 Å². The number of nitrogens with one attached hydrogen (secondary N) is 1. The molecule has 0 saturated heterocycles. The van der Waals surface area contributed by atoms with E-state index >= 15 is 0 Å². The average Bonchev–Trinajstić information content (AvgIpc) is 3.32. The van der Waals surface area contributed by atoms with Gasteiger partial charge in [-0.3, -0.25) is 9.59 Å². The zero-order chi connectivity index (χ0) is 21.6. The van der Waals surface area contributed by atoms with Gasteiger partial charge in [0, 0.05) is 28.5 Å². The summed E-state index contributed by atoms with van der Waals surface area (Å²) in [5.41, 5.74) is 3.01. The largest absolute Gasteiger partial charge is 0.340 e. The van der Waals surface area contributed by atoms with Gasteiger partial charge in [0.25, 0.3) is 5.91 Å². The van der Waals surface area contributed by atoms with Crippen molar-refractivity contribution < 1.29 is 9.59 Å². The van der Waals surface area contributed by atoms with Crippen LogP contribution in [0.5, 0.6) is 0 Å². The second-order valence-electron chi connectivity index (χ2n) is 7.10. The first-order valence-corrected chi connectivity index (χ1v) is 10.2. The number of hydrogen-bond donors (Lipinski definition) is 1. The van der Waals surface area contributed by atoms with E-state index < -0.39 is 6.04 Å². The zero-order valence-electron chi connectivity index (χ0n) is 16.6. The third kappa shape index (κ3) is 5.08. The van der Waals surface area contributed by atoms with Crippen molar-refractivity contribution in [2.75, 3.05) is 0 Å². The molecule has 0 aliphatic heterocycles. The Bertz CT molecular complexity index is 1170. The highest BCUT2D eigenvalue weighted by Crippen LogP contribution is 2.19. The molecule has 1 atom stereocenters. The molecule has 1 heterocycles. The molecule has 0 radical (unpaired) electrons. The molecule has 0 saturated carbocycles. The van der Waals surface area contributed by atoms with E-state index in [0.29, 0.717) is 16.1 Å². The minimum atomic E-state index is -0.769. The predicted octanol–water partition coefficient (Wildman–Crippen LogP) is 4.89. The van der Waals surface area contributed by atoms with E-state index in [4.69, 9.17) is 11.6 Å². The van der Waals surface area contributed by atoms with Crippen LogP contribution in [0.3, 0.4) is 0 Å². The molecule has 1 amide bonds. The Morgan fingerprint density at radius 2 is 1.65 bits per heavy atom. The summed E-state index contributed by atoms with van der Waals surface area (Å²) in [7, 11) is 0. The number of nitrogens with zero attached hydrogens (tertiary/aromatic N) is 2. The van der Waals surface area contributed by atoms with E-state index in [1.807, 2.05) is 42.5 Å². The lowest BCUT2D eigenvalue weighted by Gasteiger charge is -2.19. The van der Waals surface area contributed by atoms with Crippen LogP contribution in [0.15, 0.2) is 97.6 Å². The quantitative estimate of drug-likeness (QED) is 0.425. The molecule has 6 heteroatoms. The van der Waals surface area contributed by atoms with E-state index in [9.17, 15) is 9.59 Å². The molecule has 0 fully saturated rings. The van der Waals surface area contributed by atoms with Gasteiger partial charge in [0.2, 0.25) is 0 Å². The number of carbonyl (C=O) groups excluding carboxylic acids is 2. The van der Waals surface area contributed by atoms with E-state index in [0.717, 1.165) is 11.1 Å². The molecular weight excluding hydrogens is 410 g/mol. The zero-order valence-corrected chi connectivity index (χ0v) is 17.4. The number of imidazole rings is 1. The monoisotopic (exact) mass is 429 g/mol. The summed E-state index contributed by atoms with van der Waals surface area (Å²) in [5, 5.41) is 3.34. The molecule has 0 spiro atoms. The molecule has 1 unspecified atom stereocenters. The van der Waals surface area contributed by atoms with Gasteiger partial charge in [0.05, 0.1) is 12.9 Å². The Labute approximate surface area is 185 Å². The standard InChI is InChI=1S/C25H20ClN3O2/c26-22-8-4-7-21(15-22)24(30)23(16-29-14-13-27-17-29)28-25(31)20-11-9-19(10-12-20)18-5-2-1-3-6-18/h1-15,17,23H,16H2,(H,28,31). The molecule has 154 valence electrons. The summed E-state index contributed by atoms with van der Waals surface area (Å²) < 4.78 is 1.76. The molecule has 0 aliphatic carbocycles. The van der Waals surface area contributed by atoms with Crippen LogP contribution in [0.1, 0.15) is 20.7 Å². The van der Waals surface area contributed by atoms with Gasteiger partial charge < -0.3 is 9.88 Å². The normalized spacial score (nSPS) is 11.6. The highest BCUT2D eigenvalue weighted by atomic mass is 35.5. The highest BCUT2D eigenvalue weighted by molar-refractivity contribution is 6.31. The van der Waals surface area contributed by atoms with Crippen LogP contribution in [0.4, 0.5) is 0 Å². The average molecular weight is 430 g/mol. The van der Waals surface area contributed by atoms with Gasteiger partial charge in [-0.25, -0.2) is 4.98 Å². The fraction of sp³-hybridized carbons (Fsp3) is 0.0800. The Balaban J connectivity index is 1.54. The van der Waals surface area contributed by atoms with Crippen LogP contribution in [0.25, 0.3) is 11.1 Å². The molecule has 0 aliphatic rings. The van der Waals surface area contributed by atoms with E-state index in [-0.39, 0.29) is 18.2 Å².